The summed E-state index contributed by atoms with van der Waals surface area (Å²) in [7, 11) is 0. The average molecular weight is 268 g/mol. The van der Waals surface area contributed by atoms with Crippen LogP contribution in [0.2, 0.25) is 0 Å². The van der Waals surface area contributed by atoms with Crippen LogP contribution in [0.5, 0.6) is 11.5 Å². The molecule has 0 aromatic heterocycles. The number of rotatable bonds is 10. The van der Waals surface area contributed by atoms with Gasteiger partial charge in [-0.2, -0.15) is 0 Å². The van der Waals surface area contributed by atoms with E-state index in [1.165, 1.54) is 0 Å². The number of quaternary nitrogens is 1. The van der Waals surface area contributed by atoms with Gasteiger partial charge in [0.2, 0.25) is 0 Å². The molecule has 2 N–H and O–H groups in total. The Morgan fingerprint density at radius 1 is 0.947 bits per heavy atom. The highest BCUT2D eigenvalue weighted by atomic mass is 16.5. The lowest BCUT2D eigenvalue weighted by Gasteiger charge is -2.08. The second-order valence-corrected chi connectivity index (χ2v) is 4.63. The van der Waals surface area contributed by atoms with Crippen molar-refractivity contribution in [2.75, 3.05) is 33.0 Å². The quantitative estimate of drug-likeness (QED) is 0.653. The van der Waals surface area contributed by atoms with Crippen molar-refractivity contribution in [3.63, 3.8) is 0 Å². The Labute approximate surface area is 116 Å². The molecule has 0 saturated heterocycles. The van der Waals surface area contributed by atoms with Gasteiger partial charge in [-0.15, -0.1) is 0 Å². The molecule has 0 aliphatic carbocycles. The maximum atomic E-state index is 5.58. The average Bonchev–Trinajstić information content (AvgIpc) is 2.39. The van der Waals surface area contributed by atoms with Crippen molar-refractivity contribution in [3.05, 3.63) is 24.3 Å². The summed E-state index contributed by atoms with van der Waals surface area (Å²) < 4.78 is 16.4. The Hall–Kier alpha value is -1.26. The molecule has 1 rings (SSSR count). The summed E-state index contributed by atoms with van der Waals surface area (Å²) >= 11 is 0. The van der Waals surface area contributed by atoms with E-state index in [9.17, 15) is 0 Å². The molecule has 0 unspecified atom stereocenters. The fraction of sp³-hybridized carbons (Fsp3) is 0.600. The molecule has 0 aliphatic rings. The summed E-state index contributed by atoms with van der Waals surface area (Å²) in [5.41, 5.74) is 0. The molecule has 1 aromatic carbocycles. The van der Waals surface area contributed by atoms with Gasteiger partial charge in [-0.3, -0.25) is 0 Å². The van der Waals surface area contributed by atoms with Crippen molar-refractivity contribution in [1.29, 1.82) is 0 Å². The number of nitrogens with two attached hydrogens (primary N) is 1. The van der Waals surface area contributed by atoms with E-state index in [-0.39, 0.29) is 0 Å². The molecule has 1 aromatic rings. The molecule has 0 bridgehead atoms. The molecule has 0 fully saturated rings. The number of hydrogen-bond acceptors (Lipinski definition) is 3. The summed E-state index contributed by atoms with van der Waals surface area (Å²) in [5, 5.41) is 2.26. The van der Waals surface area contributed by atoms with Crippen LogP contribution in [0, 0.1) is 0 Å². The van der Waals surface area contributed by atoms with Crippen molar-refractivity contribution in [2.24, 2.45) is 0 Å². The standard InChI is InChI=1S/C15H25NO3/c1-4-18-14-5-7-15(8-6-14)19-12-11-17-10-9-16-13(2)3/h5-8,13,16H,4,9-12H2,1-3H3/p+1. The molecule has 0 amide bonds. The van der Waals surface area contributed by atoms with E-state index < -0.39 is 0 Å². The fourth-order valence-corrected chi connectivity index (χ4v) is 1.60. The van der Waals surface area contributed by atoms with Crippen LogP contribution < -0.4 is 14.8 Å². The van der Waals surface area contributed by atoms with E-state index in [2.05, 4.69) is 19.2 Å². The molecule has 108 valence electrons. The minimum Gasteiger partial charge on any atom is -0.494 e. The van der Waals surface area contributed by atoms with E-state index >= 15 is 0 Å². The van der Waals surface area contributed by atoms with Crippen LogP contribution in [0.3, 0.4) is 0 Å². The van der Waals surface area contributed by atoms with Crippen LogP contribution in [-0.4, -0.2) is 39.0 Å². The van der Waals surface area contributed by atoms with Crippen LogP contribution in [0.4, 0.5) is 0 Å². The first-order valence-corrected chi connectivity index (χ1v) is 6.99. The highest BCUT2D eigenvalue weighted by Gasteiger charge is 1.97. The SMILES string of the molecule is CCOc1ccc(OCCOCC[NH2+]C(C)C)cc1. The predicted octanol–water partition coefficient (Wildman–Crippen LogP) is 1.45. The lowest BCUT2D eigenvalue weighted by Crippen LogP contribution is -2.89. The normalized spacial score (nSPS) is 10.7. The second-order valence-electron chi connectivity index (χ2n) is 4.63. The number of ether oxygens (including phenoxy) is 3. The minimum absolute atomic E-state index is 0.579. The second kappa shape index (κ2) is 9.64. The lowest BCUT2D eigenvalue weighted by atomic mass is 10.3. The van der Waals surface area contributed by atoms with Gasteiger partial charge in [-0.25, -0.2) is 0 Å². The smallest absolute Gasteiger partial charge is 0.119 e. The van der Waals surface area contributed by atoms with Gasteiger partial charge in [0.05, 0.1) is 32.4 Å². The fourth-order valence-electron chi connectivity index (χ4n) is 1.60. The van der Waals surface area contributed by atoms with Crippen LogP contribution >= 0.6 is 0 Å². The maximum Gasteiger partial charge on any atom is 0.119 e. The Morgan fingerprint density at radius 3 is 2.16 bits per heavy atom. The van der Waals surface area contributed by atoms with Gasteiger partial charge in [-0.1, -0.05) is 0 Å². The Bertz CT molecular complexity index is 325. The maximum absolute atomic E-state index is 5.58. The highest BCUT2D eigenvalue weighted by molar-refractivity contribution is 5.31. The van der Waals surface area contributed by atoms with Gasteiger partial charge < -0.3 is 19.5 Å². The van der Waals surface area contributed by atoms with Crippen molar-refractivity contribution < 1.29 is 19.5 Å². The molecule has 0 spiro atoms. The van der Waals surface area contributed by atoms with Crippen molar-refractivity contribution in [2.45, 2.75) is 26.8 Å². The molecule has 4 nitrogen and oxygen atoms in total. The highest BCUT2D eigenvalue weighted by Crippen LogP contribution is 2.17. The monoisotopic (exact) mass is 268 g/mol. The molecular formula is C15H26NO3+. The molecule has 0 atom stereocenters. The minimum atomic E-state index is 0.579. The first-order valence-electron chi connectivity index (χ1n) is 6.99. The van der Waals surface area contributed by atoms with Gasteiger partial charge in [0.1, 0.15) is 18.1 Å². The number of hydrogen-bond donors (Lipinski definition) is 1. The van der Waals surface area contributed by atoms with Crippen LogP contribution in [0.25, 0.3) is 0 Å². The van der Waals surface area contributed by atoms with E-state index in [1.807, 2.05) is 31.2 Å². The Morgan fingerprint density at radius 2 is 1.58 bits per heavy atom. The molecule has 19 heavy (non-hydrogen) atoms. The lowest BCUT2D eigenvalue weighted by molar-refractivity contribution is -0.684. The predicted molar refractivity (Wildman–Crippen MR) is 75.9 cm³/mol. The van der Waals surface area contributed by atoms with Crippen LogP contribution in [0.15, 0.2) is 24.3 Å². The Balaban J connectivity index is 2.05. The summed E-state index contributed by atoms with van der Waals surface area (Å²) in [6, 6.07) is 8.28. The van der Waals surface area contributed by atoms with Crippen LogP contribution in [-0.2, 0) is 4.74 Å². The zero-order chi connectivity index (χ0) is 13.9. The largest absolute Gasteiger partial charge is 0.494 e. The molecular weight excluding hydrogens is 242 g/mol. The van der Waals surface area contributed by atoms with Crippen molar-refractivity contribution in [1.82, 2.24) is 0 Å². The summed E-state index contributed by atoms with van der Waals surface area (Å²) in [6.07, 6.45) is 0. The van der Waals surface area contributed by atoms with E-state index in [0.717, 1.165) is 24.7 Å². The summed E-state index contributed by atoms with van der Waals surface area (Å²) in [6.45, 7) is 9.98. The first kappa shape index (κ1) is 15.8. The third-order valence-corrected chi connectivity index (χ3v) is 2.53. The van der Waals surface area contributed by atoms with Crippen LogP contribution in [0.1, 0.15) is 20.8 Å². The molecule has 4 heteroatoms. The molecule has 0 radical (unpaired) electrons. The van der Waals surface area contributed by atoms with Crippen molar-refractivity contribution in [3.8, 4) is 11.5 Å². The van der Waals surface area contributed by atoms with E-state index in [1.54, 1.807) is 0 Å². The molecule has 0 aliphatic heterocycles. The zero-order valence-corrected chi connectivity index (χ0v) is 12.2. The van der Waals surface area contributed by atoms with Gasteiger partial charge in [-0.05, 0) is 45.0 Å². The van der Waals surface area contributed by atoms with Gasteiger partial charge in [0.15, 0.2) is 0 Å². The van der Waals surface area contributed by atoms with Gasteiger partial charge >= 0.3 is 0 Å². The molecule has 0 saturated carbocycles. The summed E-state index contributed by atoms with van der Waals surface area (Å²) in [4.78, 5) is 0. The number of benzene rings is 1. The van der Waals surface area contributed by atoms with Crippen molar-refractivity contribution >= 4 is 0 Å². The Kier molecular flexibility index (Phi) is 8.02. The zero-order valence-electron chi connectivity index (χ0n) is 12.2. The third kappa shape index (κ3) is 7.70. The van der Waals surface area contributed by atoms with Gasteiger partial charge in [0, 0.05) is 0 Å². The van der Waals surface area contributed by atoms with Gasteiger partial charge in [0.25, 0.3) is 0 Å². The molecule has 0 heterocycles. The topological polar surface area (TPSA) is 44.3 Å². The van der Waals surface area contributed by atoms with E-state index in [0.29, 0.717) is 25.9 Å². The first-order chi connectivity index (χ1) is 9.22. The summed E-state index contributed by atoms with van der Waals surface area (Å²) in [5.74, 6) is 1.72. The van der Waals surface area contributed by atoms with E-state index in [4.69, 9.17) is 14.2 Å². The third-order valence-electron chi connectivity index (χ3n) is 2.53.